The Morgan fingerprint density at radius 3 is 2.54 bits per heavy atom. The van der Waals surface area contributed by atoms with Gasteiger partial charge in [-0.25, -0.2) is 0 Å². The van der Waals surface area contributed by atoms with Crippen LogP contribution in [-0.4, -0.2) is 24.0 Å². The quantitative estimate of drug-likeness (QED) is 0.321. The number of ether oxygens (including phenoxy) is 2. The summed E-state index contributed by atoms with van der Waals surface area (Å²) in [7, 11) is 0. The number of carbonyl (C=O) groups excluding carboxylic acids is 1. The molecule has 0 saturated heterocycles. The van der Waals surface area contributed by atoms with E-state index in [1.54, 1.807) is 18.2 Å². The van der Waals surface area contributed by atoms with Gasteiger partial charge in [-0.3, -0.25) is 14.9 Å². The number of nitrogens with zero attached hydrogens (tertiary/aromatic N) is 2. The van der Waals surface area contributed by atoms with Gasteiger partial charge in [0.15, 0.2) is 11.5 Å². The van der Waals surface area contributed by atoms with Gasteiger partial charge in [-0.2, -0.15) is 5.26 Å². The number of benzene rings is 2. The molecule has 0 spiro atoms. The van der Waals surface area contributed by atoms with Crippen LogP contribution in [-0.2, 0) is 4.79 Å². The van der Waals surface area contributed by atoms with Crippen LogP contribution >= 0.6 is 0 Å². The molecule has 0 aliphatic rings. The van der Waals surface area contributed by atoms with Gasteiger partial charge in [0.2, 0.25) is 0 Å². The predicted octanol–water partition coefficient (Wildman–Crippen LogP) is 3.94. The minimum atomic E-state index is -0.671. The predicted molar refractivity (Wildman–Crippen MR) is 104 cm³/mol. The maximum absolute atomic E-state index is 12.4. The Balaban J connectivity index is 2.26. The maximum atomic E-state index is 12.4. The number of nitrogens with one attached hydrogen (secondary N) is 1. The summed E-state index contributed by atoms with van der Waals surface area (Å²) in [6, 6.07) is 12.4. The molecule has 0 aliphatic heterocycles. The molecule has 28 heavy (non-hydrogen) atoms. The average Bonchev–Trinajstić information content (AvgIpc) is 2.68. The van der Waals surface area contributed by atoms with Crippen LogP contribution in [0.3, 0.4) is 0 Å². The minimum absolute atomic E-state index is 0.155. The van der Waals surface area contributed by atoms with Crippen LogP contribution < -0.4 is 14.8 Å². The summed E-state index contributed by atoms with van der Waals surface area (Å²) >= 11 is 0. The summed E-state index contributed by atoms with van der Waals surface area (Å²) in [6.07, 6.45) is 1.41. The zero-order valence-corrected chi connectivity index (χ0v) is 15.5. The van der Waals surface area contributed by atoms with Crippen molar-refractivity contribution in [2.75, 3.05) is 18.5 Å². The van der Waals surface area contributed by atoms with E-state index in [-0.39, 0.29) is 16.9 Å². The van der Waals surface area contributed by atoms with Crippen molar-refractivity contribution in [3.63, 3.8) is 0 Å². The third-order valence-corrected chi connectivity index (χ3v) is 3.56. The summed E-state index contributed by atoms with van der Waals surface area (Å²) in [5, 5.41) is 22.7. The lowest BCUT2D eigenvalue weighted by Gasteiger charge is -2.11. The normalized spacial score (nSPS) is 10.7. The lowest BCUT2D eigenvalue weighted by molar-refractivity contribution is -0.384. The van der Waals surface area contributed by atoms with Gasteiger partial charge in [0.1, 0.15) is 11.6 Å². The highest BCUT2D eigenvalue weighted by Gasteiger charge is 2.13. The van der Waals surface area contributed by atoms with Crippen molar-refractivity contribution in [2.24, 2.45) is 0 Å². The number of rotatable bonds is 8. The van der Waals surface area contributed by atoms with E-state index in [0.29, 0.717) is 30.3 Å². The van der Waals surface area contributed by atoms with E-state index in [2.05, 4.69) is 5.32 Å². The third kappa shape index (κ3) is 5.32. The SMILES string of the molecule is CCOc1ccc(/C=C(/C#N)C(=O)Nc2cccc([N+](=O)[O-])c2)cc1OCC. The molecule has 8 nitrogen and oxygen atoms in total. The molecule has 0 bridgehead atoms. The summed E-state index contributed by atoms with van der Waals surface area (Å²) in [6.45, 7) is 4.61. The Morgan fingerprint density at radius 2 is 1.89 bits per heavy atom. The lowest BCUT2D eigenvalue weighted by atomic mass is 10.1. The Morgan fingerprint density at radius 1 is 1.18 bits per heavy atom. The molecule has 0 aliphatic carbocycles. The molecule has 0 atom stereocenters. The van der Waals surface area contributed by atoms with Gasteiger partial charge >= 0.3 is 0 Å². The summed E-state index contributed by atoms with van der Waals surface area (Å²) in [4.78, 5) is 22.7. The smallest absolute Gasteiger partial charge is 0.271 e. The molecule has 1 amide bonds. The van der Waals surface area contributed by atoms with E-state index in [4.69, 9.17) is 9.47 Å². The molecule has 0 radical (unpaired) electrons. The molecule has 0 aromatic heterocycles. The Labute approximate surface area is 162 Å². The number of anilines is 1. The average molecular weight is 381 g/mol. The molecule has 0 unspecified atom stereocenters. The topological polar surface area (TPSA) is 114 Å². The number of hydrogen-bond acceptors (Lipinski definition) is 6. The van der Waals surface area contributed by atoms with Crippen LogP contribution in [0.25, 0.3) is 6.08 Å². The number of non-ortho nitro benzene ring substituents is 1. The largest absolute Gasteiger partial charge is 0.490 e. The van der Waals surface area contributed by atoms with Crippen LogP contribution in [0.1, 0.15) is 19.4 Å². The van der Waals surface area contributed by atoms with Crippen molar-refractivity contribution in [3.8, 4) is 17.6 Å². The Bertz CT molecular complexity index is 947. The molecule has 0 fully saturated rings. The fourth-order valence-corrected chi connectivity index (χ4v) is 2.37. The summed E-state index contributed by atoms with van der Waals surface area (Å²) in [5.41, 5.74) is 0.492. The molecule has 0 saturated carbocycles. The van der Waals surface area contributed by atoms with Gasteiger partial charge in [0.05, 0.1) is 18.1 Å². The zero-order chi connectivity index (χ0) is 20.5. The molecule has 8 heteroatoms. The van der Waals surface area contributed by atoms with E-state index in [1.165, 1.54) is 30.3 Å². The standard InChI is InChI=1S/C20H19N3O5/c1-3-27-18-9-8-14(11-19(18)28-4-2)10-15(13-21)20(24)22-16-6-5-7-17(12-16)23(25)26/h5-12H,3-4H2,1-2H3,(H,22,24)/b15-10-. The lowest BCUT2D eigenvalue weighted by Crippen LogP contribution is -2.13. The number of amides is 1. The van der Waals surface area contributed by atoms with Gasteiger partial charge in [0, 0.05) is 17.8 Å². The van der Waals surface area contributed by atoms with Crippen molar-refractivity contribution in [1.29, 1.82) is 5.26 Å². The molecule has 2 rings (SSSR count). The van der Waals surface area contributed by atoms with Gasteiger partial charge in [-0.1, -0.05) is 12.1 Å². The van der Waals surface area contributed by atoms with E-state index >= 15 is 0 Å². The highest BCUT2D eigenvalue weighted by molar-refractivity contribution is 6.09. The van der Waals surface area contributed by atoms with Crippen molar-refractivity contribution < 1.29 is 19.2 Å². The van der Waals surface area contributed by atoms with E-state index < -0.39 is 10.8 Å². The van der Waals surface area contributed by atoms with Gasteiger partial charge < -0.3 is 14.8 Å². The van der Waals surface area contributed by atoms with Crippen LogP contribution in [0.15, 0.2) is 48.0 Å². The number of nitriles is 1. The number of nitro benzene ring substituents is 1. The summed E-state index contributed by atoms with van der Waals surface area (Å²) < 4.78 is 11.0. The van der Waals surface area contributed by atoms with E-state index in [1.807, 2.05) is 19.9 Å². The highest BCUT2D eigenvalue weighted by Crippen LogP contribution is 2.29. The molecular weight excluding hydrogens is 362 g/mol. The van der Waals surface area contributed by atoms with Crippen LogP contribution in [0.4, 0.5) is 11.4 Å². The fraction of sp³-hybridized carbons (Fsp3) is 0.200. The van der Waals surface area contributed by atoms with Crippen LogP contribution in [0, 0.1) is 21.4 Å². The Hall–Kier alpha value is -3.86. The Kier molecular flexibility index (Phi) is 7.11. The van der Waals surface area contributed by atoms with Gasteiger partial charge in [-0.15, -0.1) is 0 Å². The van der Waals surface area contributed by atoms with Crippen molar-refractivity contribution in [3.05, 3.63) is 63.7 Å². The summed E-state index contributed by atoms with van der Waals surface area (Å²) in [5.74, 6) is 0.408. The fourth-order valence-electron chi connectivity index (χ4n) is 2.37. The van der Waals surface area contributed by atoms with Crippen LogP contribution in [0.5, 0.6) is 11.5 Å². The first-order chi connectivity index (χ1) is 13.5. The molecule has 2 aromatic carbocycles. The van der Waals surface area contributed by atoms with Gasteiger partial charge in [-0.05, 0) is 43.7 Å². The molecule has 1 N–H and O–H groups in total. The van der Waals surface area contributed by atoms with E-state index in [0.717, 1.165) is 0 Å². The number of nitro groups is 1. The second-order valence-electron chi connectivity index (χ2n) is 5.50. The minimum Gasteiger partial charge on any atom is -0.490 e. The highest BCUT2D eigenvalue weighted by atomic mass is 16.6. The van der Waals surface area contributed by atoms with Crippen molar-refractivity contribution in [1.82, 2.24) is 0 Å². The first-order valence-electron chi connectivity index (χ1n) is 8.55. The van der Waals surface area contributed by atoms with Crippen LogP contribution in [0.2, 0.25) is 0 Å². The second-order valence-corrected chi connectivity index (χ2v) is 5.50. The number of carbonyl (C=O) groups is 1. The number of hydrogen-bond donors (Lipinski definition) is 1. The molecule has 144 valence electrons. The maximum Gasteiger partial charge on any atom is 0.271 e. The van der Waals surface area contributed by atoms with E-state index in [9.17, 15) is 20.2 Å². The van der Waals surface area contributed by atoms with Gasteiger partial charge in [0.25, 0.3) is 11.6 Å². The zero-order valence-electron chi connectivity index (χ0n) is 15.5. The van der Waals surface area contributed by atoms with Crippen molar-refractivity contribution in [2.45, 2.75) is 13.8 Å². The first-order valence-corrected chi connectivity index (χ1v) is 8.55. The van der Waals surface area contributed by atoms with Crippen molar-refractivity contribution >= 4 is 23.4 Å². The molecular formula is C20H19N3O5. The monoisotopic (exact) mass is 381 g/mol. The molecule has 2 aromatic rings. The second kappa shape index (κ2) is 9.73. The first kappa shape index (κ1) is 20.5. The third-order valence-electron chi connectivity index (χ3n) is 3.56. The molecule has 0 heterocycles.